The molecule has 2 aromatic rings. The molecule has 138 valence electrons. The van der Waals surface area contributed by atoms with Crippen molar-refractivity contribution < 1.29 is 9.53 Å². The second kappa shape index (κ2) is 7.50. The van der Waals surface area contributed by atoms with E-state index in [-0.39, 0.29) is 11.9 Å². The van der Waals surface area contributed by atoms with E-state index in [0.717, 1.165) is 49.6 Å². The first kappa shape index (κ1) is 17.1. The molecule has 1 atom stereocenters. The lowest BCUT2D eigenvalue weighted by Crippen LogP contribution is -2.46. The lowest BCUT2D eigenvalue weighted by atomic mass is 10.0. The quantitative estimate of drug-likeness (QED) is 0.846. The van der Waals surface area contributed by atoms with E-state index in [9.17, 15) is 4.79 Å². The molecule has 0 radical (unpaired) electrons. The van der Waals surface area contributed by atoms with Crippen molar-refractivity contribution in [2.75, 3.05) is 26.7 Å². The monoisotopic (exact) mass is 354 g/mol. The summed E-state index contributed by atoms with van der Waals surface area (Å²) in [5.41, 5.74) is 1.13. The van der Waals surface area contributed by atoms with Gasteiger partial charge >= 0.3 is 0 Å². The van der Waals surface area contributed by atoms with Crippen molar-refractivity contribution >= 4 is 5.91 Å². The lowest BCUT2D eigenvalue weighted by molar-refractivity contribution is -0.134. The third kappa shape index (κ3) is 3.33. The van der Waals surface area contributed by atoms with Crippen molar-refractivity contribution in [1.82, 2.24) is 19.4 Å². The minimum Gasteiger partial charge on any atom is -0.496 e. The van der Waals surface area contributed by atoms with Gasteiger partial charge in [-0.1, -0.05) is 18.2 Å². The number of aromatic nitrogens is 2. The Labute approximate surface area is 154 Å². The molecule has 0 aliphatic carbocycles. The van der Waals surface area contributed by atoms with Crippen molar-refractivity contribution in [2.45, 2.75) is 38.4 Å². The van der Waals surface area contributed by atoms with Crippen molar-refractivity contribution in [1.29, 1.82) is 0 Å². The first-order valence-electron chi connectivity index (χ1n) is 9.41. The van der Waals surface area contributed by atoms with Gasteiger partial charge in [0.1, 0.15) is 11.6 Å². The summed E-state index contributed by atoms with van der Waals surface area (Å²) in [5.74, 6) is 2.11. The van der Waals surface area contributed by atoms with Gasteiger partial charge in [-0.25, -0.2) is 4.98 Å². The van der Waals surface area contributed by atoms with Crippen molar-refractivity contribution in [2.24, 2.45) is 0 Å². The number of carbonyl (C=O) groups excluding carboxylic acids is 1. The van der Waals surface area contributed by atoms with E-state index in [1.807, 2.05) is 35.5 Å². The predicted molar refractivity (Wildman–Crippen MR) is 98.8 cm³/mol. The fourth-order valence-electron chi connectivity index (χ4n) is 4.07. The first-order chi connectivity index (χ1) is 12.8. The number of rotatable bonds is 4. The molecule has 6 nitrogen and oxygen atoms in total. The number of likely N-dealkylation sites (tertiary alicyclic amines) is 1. The number of nitrogens with zero attached hydrogens (tertiary/aromatic N) is 4. The van der Waals surface area contributed by atoms with Crippen LogP contribution in [0.4, 0.5) is 0 Å². The number of methoxy groups -OCH3 is 1. The van der Waals surface area contributed by atoms with Gasteiger partial charge in [0, 0.05) is 37.6 Å². The summed E-state index contributed by atoms with van der Waals surface area (Å²) in [7, 11) is 1.70. The van der Waals surface area contributed by atoms with Gasteiger partial charge in [-0.2, -0.15) is 0 Å². The van der Waals surface area contributed by atoms with Crippen LogP contribution in [0.2, 0.25) is 0 Å². The molecule has 0 saturated carbocycles. The number of fused-ring (bicyclic) bond motifs is 1. The second-order valence-corrected chi connectivity index (χ2v) is 7.10. The Balaban J connectivity index is 1.60. The van der Waals surface area contributed by atoms with Crippen LogP contribution in [0.5, 0.6) is 5.75 Å². The van der Waals surface area contributed by atoms with Gasteiger partial charge in [0.25, 0.3) is 0 Å². The highest BCUT2D eigenvalue weighted by molar-refractivity contribution is 5.78. The molecule has 0 unspecified atom stereocenters. The number of hydrogen-bond donors (Lipinski definition) is 0. The molecular formula is C20H26N4O2. The van der Waals surface area contributed by atoms with E-state index >= 15 is 0 Å². The zero-order valence-electron chi connectivity index (χ0n) is 15.3. The maximum absolute atomic E-state index is 12.9. The third-order valence-corrected chi connectivity index (χ3v) is 5.50. The molecular weight excluding hydrogens is 328 g/mol. The Morgan fingerprint density at radius 1 is 1.23 bits per heavy atom. The van der Waals surface area contributed by atoms with Crippen LogP contribution in [0.1, 0.15) is 36.7 Å². The third-order valence-electron chi connectivity index (χ3n) is 5.50. The summed E-state index contributed by atoms with van der Waals surface area (Å²) in [5, 5.41) is 0. The Bertz CT molecular complexity index is 767. The standard InChI is InChI=1S/C20H26N4O2/c1-26-18-8-4-3-7-16(18)17-13-23-12-9-21-19(23)14-24(17)15-20(25)22-10-5-2-6-11-22/h3-4,7-9,12,17H,2,5-6,10-11,13-15H2,1H3/t17-/m1/s1. The normalized spacial score (nSPS) is 20.7. The smallest absolute Gasteiger partial charge is 0.236 e. The molecule has 0 N–H and O–H groups in total. The summed E-state index contributed by atoms with van der Waals surface area (Å²) in [6, 6.07) is 8.21. The molecule has 2 aliphatic heterocycles. The van der Waals surface area contributed by atoms with Crippen LogP contribution in [0.3, 0.4) is 0 Å². The van der Waals surface area contributed by atoms with E-state index in [1.54, 1.807) is 7.11 Å². The maximum Gasteiger partial charge on any atom is 0.236 e. The first-order valence-corrected chi connectivity index (χ1v) is 9.41. The van der Waals surface area contributed by atoms with Crippen LogP contribution < -0.4 is 4.74 Å². The van der Waals surface area contributed by atoms with Gasteiger partial charge in [0.2, 0.25) is 5.91 Å². The Morgan fingerprint density at radius 3 is 2.85 bits per heavy atom. The van der Waals surface area contributed by atoms with E-state index < -0.39 is 0 Å². The Hall–Kier alpha value is -2.34. The number of para-hydroxylation sites is 1. The van der Waals surface area contributed by atoms with Gasteiger partial charge in [-0.3, -0.25) is 9.69 Å². The Morgan fingerprint density at radius 2 is 2.04 bits per heavy atom. The topological polar surface area (TPSA) is 50.6 Å². The van der Waals surface area contributed by atoms with Gasteiger partial charge in [-0.15, -0.1) is 0 Å². The zero-order valence-corrected chi connectivity index (χ0v) is 15.3. The number of carbonyl (C=O) groups is 1. The van der Waals surface area contributed by atoms with Crippen LogP contribution in [-0.4, -0.2) is 52.0 Å². The van der Waals surface area contributed by atoms with Crippen molar-refractivity contribution in [3.05, 3.63) is 48.0 Å². The summed E-state index contributed by atoms with van der Waals surface area (Å²) in [6.07, 6.45) is 7.32. The van der Waals surface area contributed by atoms with Gasteiger partial charge < -0.3 is 14.2 Å². The predicted octanol–water partition coefficient (Wildman–Crippen LogP) is 2.46. The lowest BCUT2D eigenvalue weighted by Gasteiger charge is -2.38. The number of imidazole rings is 1. The van der Waals surface area contributed by atoms with E-state index in [1.165, 1.54) is 6.42 Å². The second-order valence-electron chi connectivity index (χ2n) is 7.10. The fourth-order valence-corrected chi connectivity index (χ4v) is 4.07. The fraction of sp³-hybridized carbons (Fsp3) is 0.500. The molecule has 0 bridgehead atoms. The number of ether oxygens (including phenoxy) is 1. The average Bonchev–Trinajstić information content (AvgIpc) is 3.15. The van der Waals surface area contributed by atoms with Crippen LogP contribution in [-0.2, 0) is 17.9 Å². The SMILES string of the molecule is COc1ccccc1[C@H]1Cn2ccnc2CN1CC(=O)N1CCCCC1. The number of hydrogen-bond acceptors (Lipinski definition) is 4. The van der Waals surface area contributed by atoms with Crippen LogP contribution >= 0.6 is 0 Å². The molecule has 1 aromatic carbocycles. The molecule has 0 spiro atoms. The molecule has 1 saturated heterocycles. The molecule has 1 fully saturated rings. The number of benzene rings is 1. The molecule has 1 aromatic heterocycles. The summed E-state index contributed by atoms with van der Waals surface area (Å²) >= 11 is 0. The average molecular weight is 354 g/mol. The molecule has 4 rings (SSSR count). The molecule has 6 heteroatoms. The van der Waals surface area contributed by atoms with E-state index in [2.05, 4.69) is 20.5 Å². The minimum atomic E-state index is 0.0987. The highest BCUT2D eigenvalue weighted by atomic mass is 16.5. The summed E-state index contributed by atoms with van der Waals surface area (Å²) in [4.78, 5) is 21.6. The van der Waals surface area contributed by atoms with Gasteiger partial charge in [0.15, 0.2) is 0 Å². The van der Waals surface area contributed by atoms with Crippen molar-refractivity contribution in [3.8, 4) is 5.75 Å². The van der Waals surface area contributed by atoms with Crippen LogP contribution in [0.25, 0.3) is 0 Å². The van der Waals surface area contributed by atoms with Gasteiger partial charge in [-0.05, 0) is 25.3 Å². The van der Waals surface area contributed by atoms with Crippen molar-refractivity contribution in [3.63, 3.8) is 0 Å². The molecule has 1 amide bonds. The van der Waals surface area contributed by atoms with Gasteiger partial charge in [0.05, 0.1) is 26.2 Å². The number of piperidine rings is 1. The summed E-state index contributed by atoms with van der Waals surface area (Å²) in [6.45, 7) is 3.66. The number of amides is 1. The highest BCUT2D eigenvalue weighted by Gasteiger charge is 2.32. The minimum absolute atomic E-state index is 0.0987. The molecule has 26 heavy (non-hydrogen) atoms. The largest absolute Gasteiger partial charge is 0.496 e. The summed E-state index contributed by atoms with van der Waals surface area (Å²) < 4.78 is 7.77. The van der Waals surface area contributed by atoms with Crippen LogP contribution in [0.15, 0.2) is 36.7 Å². The maximum atomic E-state index is 12.9. The Kier molecular flexibility index (Phi) is 4.93. The zero-order chi connectivity index (χ0) is 17.9. The van der Waals surface area contributed by atoms with Crippen LogP contribution in [0, 0.1) is 0 Å². The molecule has 2 aliphatic rings. The van der Waals surface area contributed by atoms with E-state index in [0.29, 0.717) is 13.1 Å². The van der Waals surface area contributed by atoms with E-state index in [4.69, 9.17) is 4.74 Å². The highest BCUT2D eigenvalue weighted by Crippen LogP contribution is 2.34. The molecule has 3 heterocycles.